The van der Waals surface area contributed by atoms with Crippen molar-refractivity contribution in [3.05, 3.63) is 64.9 Å². The summed E-state index contributed by atoms with van der Waals surface area (Å²) in [6.07, 6.45) is 2.36. The predicted octanol–water partition coefficient (Wildman–Crippen LogP) is 5.12. The Kier molecular flexibility index (Phi) is 4.08. The van der Waals surface area contributed by atoms with Crippen LogP contribution in [0.5, 0.6) is 0 Å². The lowest BCUT2D eigenvalue weighted by molar-refractivity contribution is -0.00492. The van der Waals surface area contributed by atoms with Gasteiger partial charge in [0.05, 0.1) is 11.7 Å². The summed E-state index contributed by atoms with van der Waals surface area (Å²) in [5, 5.41) is 4.44. The molecule has 0 radical (unpaired) electrons. The van der Waals surface area contributed by atoms with Crippen LogP contribution in [0.3, 0.4) is 0 Å². The van der Waals surface area contributed by atoms with E-state index in [1.807, 2.05) is 6.92 Å². The number of hydrogen-bond donors (Lipinski definition) is 2. The molecule has 3 heterocycles. The number of nitrogens with one attached hydrogen (secondary N) is 2. The summed E-state index contributed by atoms with van der Waals surface area (Å²) >= 11 is 0. The van der Waals surface area contributed by atoms with Crippen molar-refractivity contribution in [2.24, 2.45) is 0 Å². The van der Waals surface area contributed by atoms with Crippen molar-refractivity contribution in [2.45, 2.75) is 31.4 Å². The number of anilines is 1. The van der Waals surface area contributed by atoms with E-state index in [0.717, 1.165) is 64.2 Å². The number of halogens is 2. The van der Waals surface area contributed by atoms with Gasteiger partial charge in [0.25, 0.3) is 0 Å². The van der Waals surface area contributed by atoms with Crippen LogP contribution in [0.4, 0.5) is 14.5 Å². The summed E-state index contributed by atoms with van der Waals surface area (Å²) < 4.78 is 34.8. The summed E-state index contributed by atoms with van der Waals surface area (Å²) in [5.41, 5.74) is 6.07. The third kappa shape index (κ3) is 2.64. The number of aromatic amines is 1. The second kappa shape index (κ2) is 6.65. The number of fused-ring (bicyclic) bond motifs is 6. The summed E-state index contributed by atoms with van der Waals surface area (Å²) in [4.78, 5) is 5.97. The Morgan fingerprint density at radius 2 is 1.84 bits per heavy atom. The largest absolute Gasteiger partial charge is 0.374 e. The Bertz CT molecular complexity index is 1240. The number of hydrogen-bond acceptors (Lipinski definition) is 3. The number of ether oxygens (including phenoxy) is 1. The molecule has 1 saturated heterocycles. The van der Waals surface area contributed by atoms with Crippen molar-refractivity contribution >= 4 is 27.7 Å². The molecule has 3 aromatic rings. The molecule has 3 aliphatic rings. The van der Waals surface area contributed by atoms with Gasteiger partial charge >= 0.3 is 0 Å². The zero-order valence-corrected chi connectivity index (χ0v) is 17.7. The molecule has 2 atom stereocenters. The van der Waals surface area contributed by atoms with E-state index in [0.29, 0.717) is 0 Å². The van der Waals surface area contributed by atoms with Gasteiger partial charge in [-0.25, -0.2) is 8.78 Å². The van der Waals surface area contributed by atoms with Gasteiger partial charge in [-0.2, -0.15) is 0 Å². The third-order valence-electron chi connectivity index (χ3n) is 7.30. The molecular weight excluding hydrogens is 396 g/mol. The van der Waals surface area contributed by atoms with E-state index < -0.39 is 5.60 Å². The Morgan fingerprint density at radius 3 is 2.61 bits per heavy atom. The summed E-state index contributed by atoms with van der Waals surface area (Å²) in [5.74, 6) is -0.527. The third-order valence-corrected chi connectivity index (χ3v) is 7.30. The normalized spacial score (nSPS) is 25.0. The first kappa shape index (κ1) is 19.0. The number of rotatable bonds is 3. The van der Waals surface area contributed by atoms with Gasteiger partial charge in [-0.1, -0.05) is 0 Å². The van der Waals surface area contributed by atoms with Crippen LogP contribution in [0.15, 0.2) is 36.4 Å². The lowest BCUT2D eigenvalue weighted by atomic mass is 9.75. The van der Waals surface area contributed by atoms with E-state index in [2.05, 4.69) is 15.2 Å². The average molecular weight is 421 g/mol. The van der Waals surface area contributed by atoms with Crippen molar-refractivity contribution in [3.8, 4) is 0 Å². The highest BCUT2D eigenvalue weighted by Gasteiger charge is 2.50. The van der Waals surface area contributed by atoms with Crippen LogP contribution in [0.2, 0.25) is 0 Å². The Labute approximate surface area is 179 Å². The van der Waals surface area contributed by atoms with Crippen LogP contribution in [0.25, 0.3) is 22.0 Å². The molecule has 2 N–H and O–H groups in total. The molecule has 2 aromatic carbocycles. The molecule has 0 spiro atoms. The molecule has 2 unspecified atom stereocenters. The van der Waals surface area contributed by atoms with E-state index in [1.54, 1.807) is 31.4 Å². The molecular formula is C25H25F2N3O. The van der Waals surface area contributed by atoms with Gasteiger partial charge < -0.3 is 15.0 Å². The van der Waals surface area contributed by atoms with Gasteiger partial charge in [-0.15, -0.1) is 0 Å². The Balaban J connectivity index is 1.69. The van der Waals surface area contributed by atoms with Crippen LogP contribution in [0.1, 0.15) is 36.6 Å². The van der Waals surface area contributed by atoms with Gasteiger partial charge in [0.2, 0.25) is 0 Å². The van der Waals surface area contributed by atoms with E-state index in [-0.39, 0.29) is 17.7 Å². The Morgan fingerprint density at radius 1 is 1.10 bits per heavy atom. The topological polar surface area (TPSA) is 40.3 Å². The number of nitrogens with zero attached hydrogens (tertiary/aromatic N) is 1. The highest BCUT2D eigenvalue weighted by atomic mass is 19.1. The van der Waals surface area contributed by atoms with Crippen LogP contribution in [-0.4, -0.2) is 42.7 Å². The lowest BCUT2D eigenvalue weighted by Crippen LogP contribution is -2.46. The number of methoxy groups -OCH3 is 1. The fourth-order valence-electron chi connectivity index (χ4n) is 5.68. The fraction of sp³-hybridized carbons (Fsp3) is 0.360. The second-order valence-corrected chi connectivity index (χ2v) is 9.02. The van der Waals surface area contributed by atoms with Gasteiger partial charge in [-0.05, 0) is 80.4 Å². The molecule has 1 aliphatic carbocycles. The minimum atomic E-state index is -0.718. The van der Waals surface area contributed by atoms with E-state index in [4.69, 9.17) is 4.74 Å². The maximum Gasteiger partial charge on any atom is 0.129 e. The first-order valence-electron chi connectivity index (χ1n) is 10.9. The molecule has 1 fully saturated rings. The molecule has 1 aromatic heterocycles. The highest BCUT2D eigenvalue weighted by Crippen LogP contribution is 2.54. The molecule has 0 bridgehead atoms. The van der Waals surface area contributed by atoms with Crippen molar-refractivity contribution in [1.82, 2.24) is 9.88 Å². The molecule has 160 valence electrons. The van der Waals surface area contributed by atoms with Gasteiger partial charge in [0, 0.05) is 41.4 Å². The molecule has 31 heavy (non-hydrogen) atoms. The molecule has 6 rings (SSSR count). The standard InChI is InChI=1S/C25H25F2N3O/c1-25(31-2)23-21(16-11-14(26)5-7-19(16)28-23)18(13-30-9-3-4-10-30)22-17-12-15(27)6-8-20(17)29-24(22)25/h5-8,11-12,23,28-29H,3-4,9-10,13H2,1-2H3. The van der Waals surface area contributed by atoms with Gasteiger partial charge in [-0.3, -0.25) is 4.90 Å². The number of H-pyrrole nitrogens is 1. The minimum absolute atomic E-state index is 0.169. The van der Waals surface area contributed by atoms with Gasteiger partial charge in [0.15, 0.2) is 0 Å². The van der Waals surface area contributed by atoms with E-state index in [9.17, 15) is 8.78 Å². The first-order valence-corrected chi connectivity index (χ1v) is 10.9. The molecule has 0 amide bonds. The first-order chi connectivity index (χ1) is 15.0. The van der Waals surface area contributed by atoms with Crippen LogP contribution >= 0.6 is 0 Å². The SMILES string of the molecule is COC1(C)c2[nH]c3ccc(F)cc3c2C(CN2CCCC2)=C2c3cc(F)ccc3NC21. The quantitative estimate of drug-likeness (QED) is 0.617. The zero-order chi connectivity index (χ0) is 21.3. The van der Waals surface area contributed by atoms with Crippen LogP contribution in [0, 0.1) is 11.6 Å². The smallest absolute Gasteiger partial charge is 0.129 e. The predicted molar refractivity (Wildman–Crippen MR) is 119 cm³/mol. The van der Waals surface area contributed by atoms with Crippen LogP contribution in [-0.2, 0) is 10.3 Å². The highest BCUT2D eigenvalue weighted by molar-refractivity contribution is 6.09. The van der Waals surface area contributed by atoms with Crippen molar-refractivity contribution in [3.63, 3.8) is 0 Å². The van der Waals surface area contributed by atoms with Crippen molar-refractivity contribution in [2.75, 3.05) is 32.1 Å². The Hall–Kier alpha value is -2.70. The maximum absolute atomic E-state index is 14.3. The number of benzene rings is 2. The van der Waals surface area contributed by atoms with Crippen molar-refractivity contribution < 1.29 is 13.5 Å². The van der Waals surface area contributed by atoms with E-state index >= 15 is 0 Å². The maximum atomic E-state index is 14.3. The van der Waals surface area contributed by atoms with Crippen LogP contribution < -0.4 is 5.32 Å². The average Bonchev–Trinajstić information content (AvgIpc) is 3.48. The fourth-order valence-corrected chi connectivity index (χ4v) is 5.68. The summed E-state index contributed by atoms with van der Waals surface area (Å²) in [6.45, 7) is 4.88. The van der Waals surface area contributed by atoms with Gasteiger partial charge in [0.1, 0.15) is 17.2 Å². The molecule has 6 heteroatoms. The van der Waals surface area contributed by atoms with Crippen molar-refractivity contribution in [1.29, 1.82) is 0 Å². The lowest BCUT2D eigenvalue weighted by Gasteiger charge is -2.40. The second-order valence-electron chi connectivity index (χ2n) is 9.02. The summed E-state index contributed by atoms with van der Waals surface area (Å²) in [6, 6.07) is 9.58. The summed E-state index contributed by atoms with van der Waals surface area (Å²) in [7, 11) is 1.70. The molecule has 2 aliphatic heterocycles. The number of aromatic nitrogens is 1. The zero-order valence-electron chi connectivity index (χ0n) is 17.7. The minimum Gasteiger partial charge on any atom is -0.374 e. The number of likely N-dealkylation sites (tertiary alicyclic amines) is 1. The monoisotopic (exact) mass is 421 g/mol. The molecule has 4 nitrogen and oxygen atoms in total. The molecule has 0 saturated carbocycles. The van der Waals surface area contributed by atoms with E-state index in [1.165, 1.54) is 25.0 Å².